The fourth-order valence-electron chi connectivity index (χ4n) is 2.51. The largest absolute Gasteiger partial charge is 0.424 e. The molecule has 0 radical (unpaired) electrons. The number of carbonyl (C=O) groups is 1. The maximum atomic E-state index is 11.4. The molecule has 0 amide bonds. The second-order valence-corrected chi connectivity index (χ2v) is 5.32. The lowest BCUT2D eigenvalue weighted by atomic mass is 10.1. The Kier molecular flexibility index (Phi) is 4.47. The van der Waals surface area contributed by atoms with E-state index in [1.807, 2.05) is 77.7 Å². The minimum absolute atomic E-state index is 0.354. The molecule has 0 aliphatic heterocycles. The molecule has 0 unspecified atom stereocenters. The number of nitrogens with two attached hydrogens (primary N) is 1. The molecule has 2 N–H and O–H groups in total. The summed E-state index contributed by atoms with van der Waals surface area (Å²) in [4.78, 5) is 13.5. The molecule has 0 saturated carbocycles. The van der Waals surface area contributed by atoms with Gasteiger partial charge in [0, 0.05) is 24.0 Å². The Hall–Kier alpha value is -3.27. The Morgan fingerprint density at radius 3 is 2.08 bits per heavy atom. The van der Waals surface area contributed by atoms with Crippen LogP contribution in [0.15, 0.2) is 78.9 Å². The number of nitrogen functional groups attached to an aromatic ring is 1. The van der Waals surface area contributed by atoms with Crippen molar-refractivity contribution in [1.82, 2.24) is 0 Å². The number of nitrogens with zero attached hydrogens (tertiary/aromatic N) is 1. The first kappa shape index (κ1) is 15.6. The molecule has 0 atom stereocenters. The molecule has 0 bridgehead atoms. The molecule has 3 aromatic carbocycles. The van der Waals surface area contributed by atoms with Gasteiger partial charge in [0.2, 0.25) is 0 Å². The minimum Gasteiger partial charge on any atom is -0.424 e. The Bertz CT molecular complexity index is 830. The topological polar surface area (TPSA) is 55.6 Å². The van der Waals surface area contributed by atoms with Crippen LogP contribution in [-0.4, -0.2) is 5.97 Å². The smallest absolute Gasteiger partial charge is 0.308 e. The van der Waals surface area contributed by atoms with Crippen molar-refractivity contribution in [2.45, 2.75) is 6.92 Å². The summed E-state index contributed by atoms with van der Waals surface area (Å²) in [6.45, 7) is 1.40. The number of esters is 1. The van der Waals surface area contributed by atoms with Gasteiger partial charge in [-0.3, -0.25) is 4.79 Å². The van der Waals surface area contributed by atoms with Gasteiger partial charge in [-0.2, -0.15) is 0 Å². The monoisotopic (exact) mass is 318 g/mol. The van der Waals surface area contributed by atoms with Gasteiger partial charge in [-0.25, -0.2) is 0 Å². The van der Waals surface area contributed by atoms with E-state index in [0.29, 0.717) is 11.4 Å². The van der Waals surface area contributed by atoms with Crippen molar-refractivity contribution in [3.8, 4) is 5.75 Å². The van der Waals surface area contributed by atoms with Crippen molar-refractivity contribution in [3.63, 3.8) is 0 Å². The molecule has 3 rings (SSSR count). The first-order valence-corrected chi connectivity index (χ1v) is 7.63. The van der Waals surface area contributed by atoms with Gasteiger partial charge < -0.3 is 15.4 Å². The number of rotatable bonds is 4. The average Bonchev–Trinajstić information content (AvgIpc) is 2.59. The van der Waals surface area contributed by atoms with Gasteiger partial charge >= 0.3 is 5.97 Å². The highest BCUT2D eigenvalue weighted by Crippen LogP contribution is 2.40. The Balaban J connectivity index is 2.16. The van der Waals surface area contributed by atoms with Gasteiger partial charge in [0.05, 0.1) is 5.69 Å². The number of ether oxygens (including phenoxy) is 1. The molecule has 24 heavy (non-hydrogen) atoms. The molecule has 4 nitrogen and oxygen atoms in total. The van der Waals surface area contributed by atoms with Crippen molar-refractivity contribution >= 4 is 28.7 Å². The highest BCUT2D eigenvalue weighted by atomic mass is 16.5. The average molecular weight is 318 g/mol. The summed E-state index contributed by atoms with van der Waals surface area (Å²) in [5, 5.41) is 0. The number of hydrogen-bond acceptors (Lipinski definition) is 4. The molecule has 0 spiro atoms. The first-order chi connectivity index (χ1) is 11.6. The number of para-hydroxylation sites is 3. The lowest BCUT2D eigenvalue weighted by Crippen LogP contribution is -2.13. The zero-order valence-corrected chi connectivity index (χ0v) is 13.3. The van der Waals surface area contributed by atoms with Gasteiger partial charge in [0.15, 0.2) is 5.75 Å². The predicted octanol–water partition coefficient (Wildman–Crippen LogP) is 4.66. The number of benzene rings is 3. The molecule has 120 valence electrons. The molecule has 0 heterocycles. The predicted molar refractivity (Wildman–Crippen MR) is 96.8 cm³/mol. The van der Waals surface area contributed by atoms with Crippen LogP contribution in [0.5, 0.6) is 5.75 Å². The van der Waals surface area contributed by atoms with Crippen molar-refractivity contribution < 1.29 is 9.53 Å². The van der Waals surface area contributed by atoms with Gasteiger partial charge in [-0.05, 0) is 48.5 Å². The van der Waals surface area contributed by atoms with E-state index in [4.69, 9.17) is 10.5 Å². The van der Waals surface area contributed by atoms with Crippen LogP contribution in [-0.2, 0) is 4.79 Å². The van der Waals surface area contributed by atoms with E-state index in [9.17, 15) is 4.79 Å². The third kappa shape index (κ3) is 3.38. The lowest BCUT2D eigenvalue weighted by Gasteiger charge is -2.27. The van der Waals surface area contributed by atoms with Crippen LogP contribution in [0.25, 0.3) is 0 Å². The van der Waals surface area contributed by atoms with Crippen LogP contribution in [0.1, 0.15) is 6.92 Å². The van der Waals surface area contributed by atoms with Crippen LogP contribution < -0.4 is 15.4 Å². The van der Waals surface area contributed by atoms with Crippen LogP contribution in [0, 0.1) is 0 Å². The van der Waals surface area contributed by atoms with Gasteiger partial charge in [-0.15, -0.1) is 0 Å². The number of hydrogen-bond donors (Lipinski definition) is 1. The SMILES string of the molecule is CC(=O)Oc1ccccc1N(c1ccccc1)c1ccc(N)cc1. The lowest BCUT2D eigenvalue weighted by molar-refractivity contribution is -0.131. The quantitative estimate of drug-likeness (QED) is 0.432. The Morgan fingerprint density at radius 1 is 0.833 bits per heavy atom. The standard InChI is InChI=1S/C20H18N2O2/c1-15(23)24-20-10-6-5-9-19(20)22(17-7-3-2-4-8-17)18-13-11-16(21)12-14-18/h2-14H,21H2,1H3. The Morgan fingerprint density at radius 2 is 1.42 bits per heavy atom. The van der Waals surface area contributed by atoms with Gasteiger partial charge in [-0.1, -0.05) is 30.3 Å². The fraction of sp³-hybridized carbons (Fsp3) is 0.0500. The summed E-state index contributed by atoms with van der Waals surface area (Å²) in [5.74, 6) is 0.151. The first-order valence-electron chi connectivity index (χ1n) is 7.63. The summed E-state index contributed by atoms with van der Waals surface area (Å²) >= 11 is 0. The second-order valence-electron chi connectivity index (χ2n) is 5.32. The van der Waals surface area contributed by atoms with Crippen LogP contribution >= 0.6 is 0 Å². The van der Waals surface area contributed by atoms with Crippen LogP contribution in [0.2, 0.25) is 0 Å². The molecule has 3 aromatic rings. The molecular formula is C20H18N2O2. The van der Waals surface area contributed by atoms with E-state index in [2.05, 4.69) is 0 Å². The molecule has 0 aromatic heterocycles. The molecule has 0 fully saturated rings. The van der Waals surface area contributed by atoms with Crippen molar-refractivity contribution in [3.05, 3.63) is 78.9 Å². The number of anilines is 4. The van der Waals surface area contributed by atoms with E-state index < -0.39 is 0 Å². The van der Waals surface area contributed by atoms with Crippen LogP contribution in [0.4, 0.5) is 22.7 Å². The highest BCUT2D eigenvalue weighted by molar-refractivity contribution is 5.82. The van der Waals surface area contributed by atoms with Crippen molar-refractivity contribution in [2.75, 3.05) is 10.6 Å². The van der Waals surface area contributed by atoms with E-state index in [-0.39, 0.29) is 5.97 Å². The second kappa shape index (κ2) is 6.87. The summed E-state index contributed by atoms with van der Waals surface area (Å²) in [5.41, 5.74) is 9.17. The van der Waals surface area contributed by atoms with Crippen molar-refractivity contribution in [1.29, 1.82) is 0 Å². The Labute approximate surface area is 141 Å². The van der Waals surface area contributed by atoms with Crippen LogP contribution in [0.3, 0.4) is 0 Å². The van der Waals surface area contributed by atoms with Gasteiger partial charge in [0.1, 0.15) is 0 Å². The molecule has 0 saturated heterocycles. The minimum atomic E-state index is -0.354. The van der Waals surface area contributed by atoms with Crippen molar-refractivity contribution in [2.24, 2.45) is 0 Å². The molecule has 0 aliphatic carbocycles. The fourth-order valence-corrected chi connectivity index (χ4v) is 2.51. The zero-order chi connectivity index (χ0) is 16.9. The number of carbonyl (C=O) groups excluding carboxylic acids is 1. The zero-order valence-electron chi connectivity index (χ0n) is 13.3. The van der Waals surface area contributed by atoms with E-state index in [1.54, 1.807) is 6.07 Å². The normalized spacial score (nSPS) is 10.2. The third-order valence-electron chi connectivity index (χ3n) is 3.53. The summed E-state index contributed by atoms with van der Waals surface area (Å²) in [7, 11) is 0. The maximum absolute atomic E-state index is 11.4. The van der Waals surface area contributed by atoms with E-state index in [1.165, 1.54) is 6.92 Å². The molecule has 0 aliphatic rings. The summed E-state index contributed by atoms with van der Waals surface area (Å²) < 4.78 is 5.39. The van der Waals surface area contributed by atoms with E-state index in [0.717, 1.165) is 17.1 Å². The van der Waals surface area contributed by atoms with E-state index >= 15 is 0 Å². The van der Waals surface area contributed by atoms with Gasteiger partial charge in [0.25, 0.3) is 0 Å². The maximum Gasteiger partial charge on any atom is 0.308 e. The highest BCUT2D eigenvalue weighted by Gasteiger charge is 2.17. The summed E-state index contributed by atoms with van der Waals surface area (Å²) in [6.07, 6.45) is 0. The summed E-state index contributed by atoms with van der Waals surface area (Å²) in [6, 6.07) is 24.9. The molecular weight excluding hydrogens is 300 g/mol. The molecule has 4 heteroatoms. The third-order valence-corrected chi connectivity index (χ3v) is 3.53.